The van der Waals surface area contributed by atoms with Crippen LogP contribution in [0.4, 0.5) is 5.69 Å². The van der Waals surface area contributed by atoms with E-state index in [-0.39, 0.29) is 5.56 Å². The standard InChI is InChI=1S/C15H19N3O/c1-2-11-9-15(19)17-14-10-12(3-4-13(11)14)18-7-5-16-6-8-18/h3-4,9-10,16H,2,5-8H2,1H3,(H,17,19). The van der Waals surface area contributed by atoms with E-state index in [2.05, 4.69) is 40.3 Å². The molecule has 4 heteroatoms. The van der Waals surface area contributed by atoms with Crippen molar-refractivity contribution >= 4 is 16.6 Å². The smallest absolute Gasteiger partial charge is 0.248 e. The number of nitrogens with zero attached hydrogens (tertiary/aromatic N) is 1. The third-order valence-corrected chi connectivity index (χ3v) is 3.78. The van der Waals surface area contributed by atoms with Gasteiger partial charge in [0.15, 0.2) is 0 Å². The lowest BCUT2D eigenvalue weighted by Crippen LogP contribution is -2.43. The number of hydrogen-bond donors (Lipinski definition) is 2. The molecule has 1 saturated heterocycles. The molecule has 0 amide bonds. The number of fused-ring (bicyclic) bond motifs is 1. The summed E-state index contributed by atoms with van der Waals surface area (Å²) in [6.45, 7) is 6.15. The first-order valence-electron chi connectivity index (χ1n) is 6.89. The van der Waals surface area contributed by atoms with Crippen molar-refractivity contribution in [2.24, 2.45) is 0 Å². The fraction of sp³-hybridized carbons (Fsp3) is 0.400. The lowest BCUT2D eigenvalue weighted by Gasteiger charge is -2.29. The first-order chi connectivity index (χ1) is 9.28. The van der Waals surface area contributed by atoms with Crippen LogP contribution < -0.4 is 15.8 Å². The third-order valence-electron chi connectivity index (χ3n) is 3.78. The molecule has 4 nitrogen and oxygen atoms in total. The van der Waals surface area contributed by atoms with Gasteiger partial charge in [-0.05, 0) is 24.1 Å². The molecule has 2 N–H and O–H groups in total. The molecule has 0 spiro atoms. The summed E-state index contributed by atoms with van der Waals surface area (Å²) < 4.78 is 0. The van der Waals surface area contributed by atoms with Crippen molar-refractivity contribution in [2.75, 3.05) is 31.1 Å². The Morgan fingerprint density at radius 1 is 1.21 bits per heavy atom. The first-order valence-corrected chi connectivity index (χ1v) is 6.89. The summed E-state index contributed by atoms with van der Waals surface area (Å²) in [5, 5.41) is 4.50. The van der Waals surface area contributed by atoms with Gasteiger partial charge in [0.25, 0.3) is 0 Å². The topological polar surface area (TPSA) is 48.1 Å². The van der Waals surface area contributed by atoms with Crippen molar-refractivity contribution in [3.63, 3.8) is 0 Å². The number of hydrogen-bond acceptors (Lipinski definition) is 3. The Labute approximate surface area is 112 Å². The predicted octanol–water partition coefficient (Wildman–Crippen LogP) is 1.50. The van der Waals surface area contributed by atoms with Crippen LogP contribution in [0.2, 0.25) is 0 Å². The Hall–Kier alpha value is -1.81. The molecule has 2 aromatic rings. The molecule has 19 heavy (non-hydrogen) atoms. The van der Waals surface area contributed by atoms with Crippen LogP contribution in [0.15, 0.2) is 29.1 Å². The van der Waals surface area contributed by atoms with E-state index in [4.69, 9.17) is 0 Å². The lowest BCUT2D eigenvalue weighted by molar-refractivity contribution is 0.589. The van der Waals surface area contributed by atoms with Crippen LogP contribution in [0.25, 0.3) is 10.9 Å². The number of piperazine rings is 1. The molecular formula is C15H19N3O. The Balaban J connectivity index is 2.07. The molecule has 1 fully saturated rings. The minimum Gasteiger partial charge on any atom is -0.369 e. The highest BCUT2D eigenvalue weighted by Crippen LogP contribution is 2.23. The number of rotatable bonds is 2. The van der Waals surface area contributed by atoms with Crippen LogP contribution in [0.5, 0.6) is 0 Å². The Kier molecular flexibility index (Phi) is 3.25. The monoisotopic (exact) mass is 257 g/mol. The van der Waals surface area contributed by atoms with E-state index in [1.165, 1.54) is 5.69 Å². The van der Waals surface area contributed by atoms with Crippen molar-refractivity contribution in [1.29, 1.82) is 0 Å². The van der Waals surface area contributed by atoms with Crippen LogP contribution in [0.1, 0.15) is 12.5 Å². The molecule has 0 aliphatic carbocycles. The van der Waals surface area contributed by atoms with Gasteiger partial charge in [-0.15, -0.1) is 0 Å². The Morgan fingerprint density at radius 2 is 2.00 bits per heavy atom. The van der Waals surface area contributed by atoms with Crippen molar-refractivity contribution < 1.29 is 0 Å². The number of pyridine rings is 1. The Morgan fingerprint density at radius 3 is 2.74 bits per heavy atom. The van der Waals surface area contributed by atoms with Crippen molar-refractivity contribution in [2.45, 2.75) is 13.3 Å². The van der Waals surface area contributed by atoms with Crippen molar-refractivity contribution in [3.05, 3.63) is 40.2 Å². The average Bonchev–Trinajstić information content (AvgIpc) is 2.46. The number of anilines is 1. The molecule has 100 valence electrons. The normalized spacial score (nSPS) is 15.9. The maximum Gasteiger partial charge on any atom is 0.248 e. The number of benzene rings is 1. The number of H-pyrrole nitrogens is 1. The Bertz CT molecular complexity index is 641. The van der Waals surface area contributed by atoms with Gasteiger partial charge >= 0.3 is 0 Å². The van der Waals surface area contributed by atoms with Gasteiger partial charge in [-0.25, -0.2) is 0 Å². The molecule has 0 bridgehead atoms. The average molecular weight is 257 g/mol. The minimum absolute atomic E-state index is 0.0122. The van der Waals surface area contributed by atoms with Crippen LogP contribution in [0.3, 0.4) is 0 Å². The molecule has 2 heterocycles. The highest BCUT2D eigenvalue weighted by atomic mass is 16.1. The molecular weight excluding hydrogens is 238 g/mol. The zero-order valence-electron chi connectivity index (χ0n) is 11.2. The molecule has 1 aliphatic heterocycles. The van der Waals surface area contributed by atoms with Crippen LogP contribution >= 0.6 is 0 Å². The summed E-state index contributed by atoms with van der Waals surface area (Å²) in [6.07, 6.45) is 0.882. The second-order valence-corrected chi connectivity index (χ2v) is 4.98. The zero-order chi connectivity index (χ0) is 13.2. The van der Waals surface area contributed by atoms with E-state index in [9.17, 15) is 4.79 Å². The first kappa shape index (κ1) is 12.2. The molecule has 1 aromatic heterocycles. The summed E-state index contributed by atoms with van der Waals surface area (Å²) in [5.41, 5.74) is 3.24. The maximum atomic E-state index is 11.7. The highest BCUT2D eigenvalue weighted by Gasteiger charge is 2.11. The van der Waals surface area contributed by atoms with E-state index >= 15 is 0 Å². The van der Waals surface area contributed by atoms with Gasteiger partial charge in [-0.2, -0.15) is 0 Å². The van der Waals surface area contributed by atoms with Crippen molar-refractivity contribution in [1.82, 2.24) is 10.3 Å². The van der Waals surface area contributed by atoms with E-state index in [0.717, 1.165) is 49.1 Å². The third kappa shape index (κ3) is 2.36. The van der Waals surface area contributed by atoms with Gasteiger partial charge in [0.1, 0.15) is 0 Å². The maximum absolute atomic E-state index is 11.7. The largest absolute Gasteiger partial charge is 0.369 e. The fourth-order valence-electron chi connectivity index (χ4n) is 2.73. The second kappa shape index (κ2) is 5.05. The molecule has 0 saturated carbocycles. The molecule has 3 rings (SSSR count). The van der Waals surface area contributed by atoms with Crippen molar-refractivity contribution in [3.8, 4) is 0 Å². The summed E-state index contributed by atoms with van der Waals surface area (Å²) in [7, 11) is 0. The van der Waals surface area contributed by atoms with E-state index in [0.29, 0.717) is 0 Å². The van der Waals surface area contributed by atoms with E-state index in [1.54, 1.807) is 6.07 Å². The van der Waals surface area contributed by atoms with Gasteiger partial charge in [-0.3, -0.25) is 4.79 Å². The lowest BCUT2D eigenvalue weighted by atomic mass is 10.1. The zero-order valence-corrected chi connectivity index (χ0v) is 11.2. The van der Waals surface area contributed by atoms with Gasteiger partial charge in [0.2, 0.25) is 5.56 Å². The molecule has 0 atom stereocenters. The van der Waals surface area contributed by atoms with Crippen LogP contribution in [0, 0.1) is 0 Å². The number of aromatic amines is 1. The second-order valence-electron chi connectivity index (χ2n) is 4.98. The quantitative estimate of drug-likeness (QED) is 0.857. The number of nitrogens with one attached hydrogen (secondary N) is 2. The van der Waals surface area contributed by atoms with E-state index in [1.807, 2.05) is 0 Å². The number of aromatic nitrogens is 1. The predicted molar refractivity (Wildman–Crippen MR) is 79.0 cm³/mol. The highest BCUT2D eigenvalue weighted by molar-refractivity contribution is 5.85. The van der Waals surface area contributed by atoms with Crippen LogP contribution in [-0.2, 0) is 6.42 Å². The molecule has 0 radical (unpaired) electrons. The summed E-state index contributed by atoms with van der Waals surface area (Å²) in [6, 6.07) is 8.08. The molecule has 1 aliphatic rings. The fourth-order valence-corrected chi connectivity index (χ4v) is 2.73. The summed E-state index contributed by atoms with van der Waals surface area (Å²) in [4.78, 5) is 17.0. The molecule has 0 unspecified atom stereocenters. The van der Waals surface area contributed by atoms with Gasteiger partial charge in [0.05, 0.1) is 5.52 Å². The van der Waals surface area contributed by atoms with Gasteiger partial charge in [-0.1, -0.05) is 13.0 Å². The SMILES string of the molecule is CCc1cc(=O)[nH]c2cc(N3CCNCC3)ccc12. The summed E-state index contributed by atoms with van der Waals surface area (Å²) in [5.74, 6) is 0. The van der Waals surface area contributed by atoms with E-state index < -0.39 is 0 Å². The van der Waals surface area contributed by atoms with Gasteiger partial charge in [0, 0.05) is 43.3 Å². The summed E-state index contributed by atoms with van der Waals surface area (Å²) >= 11 is 0. The van der Waals surface area contributed by atoms with Crippen LogP contribution in [-0.4, -0.2) is 31.2 Å². The van der Waals surface area contributed by atoms with Gasteiger partial charge < -0.3 is 15.2 Å². The molecule has 1 aromatic carbocycles. The number of aryl methyl sites for hydroxylation is 1. The minimum atomic E-state index is -0.0122.